The maximum absolute atomic E-state index is 11.3. The molecule has 0 N–H and O–H groups in total. The van der Waals surface area contributed by atoms with Gasteiger partial charge in [-0.3, -0.25) is 0 Å². The number of hydrogen-bond acceptors (Lipinski definition) is 3. The molecule has 114 valence electrons. The summed E-state index contributed by atoms with van der Waals surface area (Å²) in [7, 11) is 0. The van der Waals surface area contributed by atoms with Crippen molar-refractivity contribution in [2.24, 2.45) is 0 Å². The lowest BCUT2D eigenvalue weighted by molar-refractivity contribution is -0.117. The number of furan rings is 2. The molecule has 3 rings (SSSR count). The summed E-state index contributed by atoms with van der Waals surface area (Å²) < 4.78 is 12.8. The van der Waals surface area contributed by atoms with Crippen LogP contribution < -0.4 is 0 Å². The molecule has 2 heterocycles. The fourth-order valence-electron chi connectivity index (χ4n) is 2.65. The second kappa shape index (κ2) is 5.76. The summed E-state index contributed by atoms with van der Waals surface area (Å²) in [5.41, 5.74) is 2.89. The van der Waals surface area contributed by atoms with Crippen LogP contribution in [-0.4, -0.2) is 5.78 Å². The zero-order valence-corrected chi connectivity index (χ0v) is 14.4. The minimum Gasteiger partial charge on any atom is -0.461 e. The summed E-state index contributed by atoms with van der Waals surface area (Å²) >= 11 is 3.56. The number of hydrogen-bond donors (Lipinski definition) is 0. The zero-order valence-electron chi connectivity index (χ0n) is 12.8. The van der Waals surface area contributed by atoms with Crippen molar-refractivity contribution in [3.05, 3.63) is 45.8 Å². The summed E-state index contributed by atoms with van der Waals surface area (Å²) in [5.74, 6) is 2.59. The predicted octanol–water partition coefficient (Wildman–Crippen LogP) is 5.59. The van der Waals surface area contributed by atoms with Crippen molar-refractivity contribution in [1.82, 2.24) is 0 Å². The molecule has 0 bridgehead atoms. The van der Waals surface area contributed by atoms with Crippen LogP contribution in [0.3, 0.4) is 0 Å². The topological polar surface area (TPSA) is 43.4 Å². The van der Waals surface area contributed by atoms with E-state index in [-0.39, 0.29) is 5.78 Å². The Balaban J connectivity index is 2.24. The van der Waals surface area contributed by atoms with Gasteiger partial charge < -0.3 is 13.6 Å². The average molecular weight is 361 g/mol. The second-order valence-corrected chi connectivity index (χ2v) is 6.49. The SMILES string of the molecule is CC(=O)CCc1oc2c(Br)cc(C)cc2c1-c1ccc(C)o1. The molecule has 22 heavy (non-hydrogen) atoms. The van der Waals surface area contributed by atoms with Crippen LogP contribution in [0.25, 0.3) is 22.3 Å². The number of Topliss-reactive ketones (excluding diaryl/α,β-unsaturated/α-hetero) is 1. The van der Waals surface area contributed by atoms with Crippen LogP contribution in [0.2, 0.25) is 0 Å². The monoisotopic (exact) mass is 360 g/mol. The molecule has 3 aromatic rings. The van der Waals surface area contributed by atoms with Gasteiger partial charge in [0, 0.05) is 18.2 Å². The van der Waals surface area contributed by atoms with Crippen molar-refractivity contribution >= 4 is 32.7 Å². The number of aryl methyl sites for hydroxylation is 3. The van der Waals surface area contributed by atoms with E-state index in [1.807, 2.05) is 32.0 Å². The molecular weight excluding hydrogens is 344 g/mol. The Morgan fingerprint density at radius 1 is 1.18 bits per heavy atom. The van der Waals surface area contributed by atoms with Crippen LogP contribution in [0.4, 0.5) is 0 Å². The van der Waals surface area contributed by atoms with Crippen molar-refractivity contribution in [1.29, 1.82) is 0 Å². The van der Waals surface area contributed by atoms with Gasteiger partial charge in [-0.15, -0.1) is 0 Å². The summed E-state index contributed by atoms with van der Waals surface area (Å²) in [6.07, 6.45) is 1.04. The van der Waals surface area contributed by atoms with E-state index >= 15 is 0 Å². The third kappa shape index (κ3) is 2.75. The largest absolute Gasteiger partial charge is 0.461 e. The Kier molecular flexibility index (Phi) is 3.96. The Morgan fingerprint density at radius 2 is 1.95 bits per heavy atom. The molecule has 2 aromatic heterocycles. The first-order valence-electron chi connectivity index (χ1n) is 7.23. The maximum Gasteiger partial charge on any atom is 0.149 e. The van der Waals surface area contributed by atoms with E-state index in [2.05, 4.69) is 22.0 Å². The van der Waals surface area contributed by atoms with Crippen LogP contribution in [0.5, 0.6) is 0 Å². The molecule has 3 nitrogen and oxygen atoms in total. The summed E-state index contributed by atoms with van der Waals surface area (Å²) in [6, 6.07) is 8.01. The van der Waals surface area contributed by atoms with Crippen LogP contribution in [0.15, 0.2) is 37.6 Å². The lowest BCUT2D eigenvalue weighted by atomic mass is 10.0. The quantitative estimate of drug-likeness (QED) is 0.608. The molecule has 0 atom stereocenters. The highest BCUT2D eigenvalue weighted by atomic mass is 79.9. The Bertz CT molecular complexity index is 855. The highest BCUT2D eigenvalue weighted by Gasteiger charge is 2.20. The van der Waals surface area contributed by atoms with Gasteiger partial charge in [-0.2, -0.15) is 0 Å². The Labute approximate surface area is 137 Å². The van der Waals surface area contributed by atoms with Gasteiger partial charge in [0.2, 0.25) is 0 Å². The minimum absolute atomic E-state index is 0.150. The molecule has 0 saturated carbocycles. The van der Waals surface area contributed by atoms with Gasteiger partial charge >= 0.3 is 0 Å². The van der Waals surface area contributed by atoms with Crippen LogP contribution in [0, 0.1) is 13.8 Å². The fraction of sp³-hybridized carbons (Fsp3) is 0.278. The third-order valence-electron chi connectivity index (χ3n) is 3.65. The lowest BCUT2D eigenvalue weighted by Crippen LogP contribution is -1.94. The van der Waals surface area contributed by atoms with E-state index in [1.165, 1.54) is 0 Å². The van der Waals surface area contributed by atoms with Crippen molar-refractivity contribution in [3.8, 4) is 11.3 Å². The van der Waals surface area contributed by atoms with Gasteiger partial charge in [-0.25, -0.2) is 0 Å². The van der Waals surface area contributed by atoms with Crippen molar-refractivity contribution in [2.45, 2.75) is 33.6 Å². The molecule has 0 aliphatic rings. The van der Waals surface area contributed by atoms with Gasteiger partial charge in [0.25, 0.3) is 0 Å². The van der Waals surface area contributed by atoms with E-state index in [1.54, 1.807) is 6.92 Å². The Morgan fingerprint density at radius 3 is 2.59 bits per heavy atom. The zero-order chi connectivity index (χ0) is 15.9. The highest BCUT2D eigenvalue weighted by molar-refractivity contribution is 9.10. The number of halogens is 1. The molecule has 0 aliphatic carbocycles. The highest BCUT2D eigenvalue weighted by Crippen LogP contribution is 2.40. The van der Waals surface area contributed by atoms with Crippen LogP contribution in [0.1, 0.15) is 30.4 Å². The van der Waals surface area contributed by atoms with Gasteiger partial charge in [-0.05, 0) is 66.5 Å². The molecule has 0 aliphatic heterocycles. The first-order valence-corrected chi connectivity index (χ1v) is 8.03. The summed E-state index contributed by atoms with van der Waals surface area (Å²) in [5, 5.41) is 1.01. The molecule has 1 aromatic carbocycles. The fourth-order valence-corrected chi connectivity index (χ4v) is 3.30. The lowest BCUT2D eigenvalue weighted by Gasteiger charge is -2.00. The third-order valence-corrected chi connectivity index (χ3v) is 4.24. The predicted molar refractivity (Wildman–Crippen MR) is 90.1 cm³/mol. The van der Waals surface area contributed by atoms with Crippen molar-refractivity contribution in [3.63, 3.8) is 0 Å². The number of ketones is 1. The number of carbonyl (C=O) groups excluding carboxylic acids is 1. The van der Waals surface area contributed by atoms with Gasteiger partial charge in [0.15, 0.2) is 0 Å². The molecular formula is C18H17BrO3. The van der Waals surface area contributed by atoms with Gasteiger partial charge in [-0.1, -0.05) is 0 Å². The molecule has 4 heteroatoms. The van der Waals surface area contributed by atoms with Gasteiger partial charge in [0.1, 0.15) is 28.6 Å². The standard InChI is InChI=1S/C18H17BrO3/c1-10-8-13-17(15-7-5-12(3)21-15)16(6-4-11(2)20)22-18(13)14(19)9-10/h5,7-9H,4,6H2,1-3H3. The first-order chi connectivity index (χ1) is 10.5. The summed E-state index contributed by atoms with van der Waals surface area (Å²) in [4.78, 5) is 11.3. The number of benzene rings is 1. The second-order valence-electron chi connectivity index (χ2n) is 5.64. The first kappa shape index (κ1) is 15.1. The molecule has 0 unspecified atom stereocenters. The number of fused-ring (bicyclic) bond motifs is 1. The minimum atomic E-state index is 0.150. The van der Waals surface area contributed by atoms with Crippen LogP contribution in [-0.2, 0) is 11.2 Å². The van der Waals surface area contributed by atoms with E-state index in [0.717, 1.165) is 43.8 Å². The smallest absolute Gasteiger partial charge is 0.149 e. The Hall–Kier alpha value is -1.81. The van der Waals surface area contributed by atoms with E-state index in [9.17, 15) is 4.79 Å². The van der Waals surface area contributed by atoms with Crippen molar-refractivity contribution < 1.29 is 13.6 Å². The molecule has 0 amide bonds. The molecule has 0 saturated heterocycles. The van der Waals surface area contributed by atoms with E-state index in [0.29, 0.717) is 12.8 Å². The number of carbonyl (C=O) groups is 1. The summed E-state index contributed by atoms with van der Waals surface area (Å²) in [6.45, 7) is 5.56. The van der Waals surface area contributed by atoms with Gasteiger partial charge in [0.05, 0.1) is 10.0 Å². The number of rotatable bonds is 4. The molecule has 0 radical (unpaired) electrons. The van der Waals surface area contributed by atoms with Crippen molar-refractivity contribution in [2.75, 3.05) is 0 Å². The van der Waals surface area contributed by atoms with Crippen LogP contribution >= 0.6 is 15.9 Å². The maximum atomic E-state index is 11.3. The van der Waals surface area contributed by atoms with E-state index in [4.69, 9.17) is 8.83 Å². The molecule has 0 fully saturated rings. The average Bonchev–Trinajstić information content (AvgIpc) is 2.99. The normalized spacial score (nSPS) is 11.3. The van der Waals surface area contributed by atoms with E-state index < -0.39 is 0 Å². The molecule has 0 spiro atoms.